The molecule has 3 aromatic rings. The van der Waals surface area contributed by atoms with Crippen LogP contribution in [0.25, 0.3) is 0 Å². The minimum absolute atomic E-state index is 0.199. The van der Waals surface area contributed by atoms with Crippen LogP contribution in [0.5, 0.6) is 11.5 Å². The van der Waals surface area contributed by atoms with Crippen molar-refractivity contribution in [2.24, 2.45) is 5.10 Å². The van der Waals surface area contributed by atoms with Crippen LogP contribution in [-0.4, -0.2) is 18.7 Å². The SMILES string of the molecule is O=C(COc1ccccc1Cl)N/N=C\c1ccccc1OCc1ccc(Cl)cc1. The van der Waals surface area contributed by atoms with Gasteiger partial charge in [0.15, 0.2) is 6.61 Å². The lowest BCUT2D eigenvalue weighted by molar-refractivity contribution is -0.123. The Labute approximate surface area is 178 Å². The smallest absolute Gasteiger partial charge is 0.277 e. The molecule has 5 nitrogen and oxygen atoms in total. The number of para-hydroxylation sites is 2. The van der Waals surface area contributed by atoms with Crippen LogP contribution in [0.4, 0.5) is 0 Å². The highest BCUT2D eigenvalue weighted by atomic mass is 35.5. The largest absolute Gasteiger partial charge is 0.488 e. The summed E-state index contributed by atoms with van der Waals surface area (Å²) in [6.45, 7) is 0.190. The second kappa shape index (κ2) is 10.5. The van der Waals surface area contributed by atoms with E-state index in [0.717, 1.165) is 11.1 Å². The van der Waals surface area contributed by atoms with Gasteiger partial charge in [-0.05, 0) is 42.0 Å². The molecule has 0 saturated heterocycles. The Morgan fingerprint density at radius 1 is 0.897 bits per heavy atom. The van der Waals surface area contributed by atoms with Gasteiger partial charge in [-0.2, -0.15) is 5.10 Å². The first-order chi connectivity index (χ1) is 14.1. The van der Waals surface area contributed by atoms with Crippen LogP contribution >= 0.6 is 23.2 Å². The van der Waals surface area contributed by atoms with Gasteiger partial charge in [0.2, 0.25) is 0 Å². The minimum Gasteiger partial charge on any atom is -0.488 e. The number of hydrogen-bond acceptors (Lipinski definition) is 4. The molecule has 0 aliphatic carbocycles. The van der Waals surface area contributed by atoms with Crippen molar-refractivity contribution in [3.8, 4) is 11.5 Å². The molecule has 0 unspecified atom stereocenters. The first kappa shape index (κ1) is 20.7. The predicted octanol–water partition coefficient (Wildman–Crippen LogP) is 5.10. The van der Waals surface area contributed by atoms with Crippen LogP contribution in [0.15, 0.2) is 77.9 Å². The van der Waals surface area contributed by atoms with E-state index in [1.807, 2.05) is 48.5 Å². The Morgan fingerprint density at radius 2 is 1.59 bits per heavy atom. The number of benzene rings is 3. The number of hydrazone groups is 1. The maximum atomic E-state index is 11.9. The molecule has 3 aromatic carbocycles. The van der Waals surface area contributed by atoms with E-state index in [-0.39, 0.29) is 6.61 Å². The number of ether oxygens (including phenoxy) is 2. The summed E-state index contributed by atoms with van der Waals surface area (Å²) in [5, 5.41) is 5.09. The summed E-state index contributed by atoms with van der Waals surface area (Å²) in [4.78, 5) is 11.9. The standard InChI is InChI=1S/C22H18Cl2N2O3/c23-18-11-9-16(10-12-18)14-28-20-7-3-1-5-17(20)13-25-26-22(27)15-29-21-8-4-2-6-19(21)24/h1-13H,14-15H2,(H,26,27)/b25-13-. The van der Waals surface area contributed by atoms with Crippen molar-refractivity contribution in [1.29, 1.82) is 0 Å². The number of nitrogens with zero attached hydrogens (tertiary/aromatic N) is 1. The van der Waals surface area contributed by atoms with Gasteiger partial charge in [0, 0.05) is 10.6 Å². The monoisotopic (exact) mass is 428 g/mol. The van der Waals surface area contributed by atoms with Crippen molar-refractivity contribution in [1.82, 2.24) is 5.43 Å². The third kappa shape index (κ3) is 6.52. The topological polar surface area (TPSA) is 59.9 Å². The van der Waals surface area contributed by atoms with Gasteiger partial charge < -0.3 is 9.47 Å². The molecule has 0 spiro atoms. The Bertz CT molecular complexity index is 991. The van der Waals surface area contributed by atoms with E-state index in [4.69, 9.17) is 32.7 Å². The summed E-state index contributed by atoms with van der Waals surface area (Å²) in [5.41, 5.74) is 4.14. The van der Waals surface area contributed by atoms with Gasteiger partial charge in [-0.15, -0.1) is 0 Å². The van der Waals surface area contributed by atoms with Crippen LogP contribution in [0.1, 0.15) is 11.1 Å². The van der Waals surface area contributed by atoms with Crippen LogP contribution in [-0.2, 0) is 11.4 Å². The van der Waals surface area contributed by atoms with E-state index in [2.05, 4.69) is 10.5 Å². The van der Waals surface area contributed by atoms with Gasteiger partial charge in [-0.25, -0.2) is 5.43 Å². The molecule has 0 aliphatic rings. The zero-order chi connectivity index (χ0) is 20.5. The summed E-state index contributed by atoms with van der Waals surface area (Å²) < 4.78 is 11.2. The van der Waals surface area contributed by atoms with Crippen LogP contribution in [0.2, 0.25) is 10.0 Å². The van der Waals surface area contributed by atoms with Gasteiger partial charge in [0.25, 0.3) is 5.91 Å². The highest BCUT2D eigenvalue weighted by Gasteiger charge is 2.05. The lowest BCUT2D eigenvalue weighted by Gasteiger charge is -2.09. The molecular formula is C22H18Cl2N2O3. The Kier molecular flexibility index (Phi) is 7.50. The molecule has 0 radical (unpaired) electrons. The summed E-state index contributed by atoms with van der Waals surface area (Å²) in [7, 11) is 0. The lowest BCUT2D eigenvalue weighted by atomic mass is 10.2. The molecule has 0 saturated carbocycles. The molecule has 1 amide bonds. The maximum absolute atomic E-state index is 11.9. The van der Waals surface area contributed by atoms with Gasteiger partial charge >= 0.3 is 0 Å². The van der Waals surface area contributed by atoms with E-state index in [0.29, 0.717) is 28.2 Å². The van der Waals surface area contributed by atoms with Crippen LogP contribution in [0.3, 0.4) is 0 Å². The summed E-state index contributed by atoms with van der Waals surface area (Å²) in [6, 6.07) is 21.8. The van der Waals surface area contributed by atoms with Gasteiger partial charge in [0.05, 0.1) is 11.2 Å². The number of amides is 1. The number of nitrogens with one attached hydrogen (secondary N) is 1. The molecule has 148 valence electrons. The Morgan fingerprint density at radius 3 is 2.34 bits per heavy atom. The van der Waals surface area contributed by atoms with E-state index in [1.165, 1.54) is 6.21 Å². The highest BCUT2D eigenvalue weighted by molar-refractivity contribution is 6.32. The summed E-state index contributed by atoms with van der Waals surface area (Å²) in [5.74, 6) is 0.683. The molecule has 0 atom stereocenters. The third-order valence-electron chi connectivity index (χ3n) is 3.81. The van der Waals surface area contributed by atoms with Crippen molar-refractivity contribution in [2.45, 2.75) is 6.61 Å². The van der Waals surface area contributed by atoms with Crippen molar-refractivity contribution in [2.75, 3.05) is 6.61 Å². The van der Waals surface area contributed by atoms with Crippen molar-refractivity contribution in [3.05, 3.63) is 94.0 Å². The second-order valence-electron chi connectivity index (χ2n) is 5.97. The molecule has 1 N–H and O–H groups in total. The number of carbonyl (C=O) groups excluding carboxylic acids is 1. The first-order valence-electron chi connectivity index (χ1n) is 8.77. The molecule has 0 aliphatic heterocycles. The number of hydrogen-bond donors (Lipinski definition) is 1. The quantitative estimate of drug-likeness (QED) is 0.400. The highest BCUT2D eigenvalue weighted by Crippen LogP contribution is 2.23. The molecule has 3 rings (SSSR count). The average molecular weight is 429 g/mol. The van der Waals surface area contributed by atoms with E-state index < -0.39 is 5.91 Å². The molecular weight excluding hydrogens is 411 g/mol. The lowest BCUT2D eigenvalue weighted by Crippen LogP contribution is -2.24. The predicted molar refractivity (Wildman–Crippen MR) is 115 cm³/mol. The summed E-state index contributed by atoms with van der Waals surface area (Å²) >= 11 is 11.9. The van der Waals surface area contributed by atoms with Crippen LogP contribution in [0, 0.1) is 0 Å². The van der Waals surface area contributed by atoms with Gasteiger partial charge in [-0.3, -0.25) is 4.79 Å². The fraction of sp³-hybridized carbons (Fsp3) is 0.0909. The van der Waals surface area contributed by atoms with Crippen molar-refractivity contribution in [3.63, 3.8) is 0 Å². The summed E-state index contributed by atoms with van der Waals surface area (Å²) in [6.07, 6.45) is 1.52. The first-order valence-corrected chi connectivity index (χ1v) is 9.53. The fourth-order valence-electron chi connectivity index (χ4n) is 2.37. The zero-order valence-electron chi connectivity index (χ0n) is 15.3. The number of rotatable bonds is 8. The molecule has 0 bridgehead atoms. The van der Waals surface area contributed by atoms with Crippen LogP contribution < -0.4 is 14.9 Å². The molecule has 0 fully saturated rings. The molecule has 29 heavy (non-hydrogen) atoms. The average Bonchev–Trinajstić information content (AvgIpc) is 2.73. The molecule has 0 heterocycles. The maximum Gasteiger partial charge on any atom is 0.277 e. The third-order valence-corrected chi connectivity index (χ3v) is 4.38. The number of carbonyl (C=O) groups is 1. The van der Waals surface area contributed by atoms with E-state index in [1.54, 1.807) is 24.3 Å². The normalized spacial score (nSPS) is 10.7. The zero-order valence-corrected chi connectivity index (χ0v) is 16.9. The Hall–Kier alpha value is -3.02. The van der Waals surface area contributed by atoms with Gasteiger partial charge in [0.1, 0.15) is 18.1 Å². The minimum atomic E-state index is -0.402. The Balaban J connectivity index is 1.53. The molecule has 7 heteroatoms. The van der Waals surface area contributed by atoms with Crippen molar-refractivity contribution >= 4 is 35.3 Å². The van der Waals surface area contributed by atoms with Crippen molar-refractivity contribution < 1.29 is 14.3 Å². The molecule has 0 aromatic heterocycles. The van der Waals surface area contributed by atoms with E-state index >= 15 is 0 Å². The number of halogens is 2. The van der Waals surface area contributed by atoms with E-state index in [9.17, 15) is 4.79 Å². The van der Waals surface area contributed by atoms with Gasteiger partial charge in [-0.1, -0.05) is 59.6 Å². The second-order valence-corrected chi connectivity index (χ2v) is 6.81. The fourth-order valence-corrected chi connectivity index (χ4v) is 2.69.